The standard InChI is InChI=1S/C21H29N5OS/c1-4-22-21(25(3)14-19-15-28-16(2)24-19)23-12-17-7-9-18(10-8-17)13-26-11-5-6-20(26)27/h7-10,15H,4-6,11-14H2,1-3H3,(H,22,23). The molecule has 3 rings (SSSR count). The molecule has 1 saturated heterocycles. The van der Waals surface area contributed by atoms with Crippen molar-refractivity contribution in [1.82, 2.24) is 20.1 Å². The number of amides is 1. The summed E-state index contributed by atoms with van der Waals surface area (Å²) < 4.78 is 0. The van der Waals surface area contributed by atoms with Gasteiger partial charge in [-0.05, 0) is 31.4 Å². The van der Waals surface area contributed by atoms with Crippen LogP contribution < -0.4 is 5.32 Å². The van der Waals surface area contributed by atoms with E-state index in [0.717, 1.165) is 48.3 Å². The Bertz CT molecular complexity index is 814. The molecule has 6 nitrogen and oxygen atoms in total. The molecule has 1 aliphatic heterocycles. The molecule has 2 heterocycles. The van der Waals surface area contributed by atoms with Crippen LogP contribution in [0.25, 0.3) is 0 Å². The third kappa shape index (κ3) is 5.55. The second-order valence-corrected chi connectivity index (χ2v) is 8.18. The first-order valence-electron chi connectivity index (χ1n) is 9.81. The number of nitrogens with one attached hydrogen (secondary N) is 1. The van der Waals surface area contributed by atoms with Gasteiger partial charge in [-0.2, -0.15) is 0 Å². The summed E-state index contributed by atoms with van der Waals surface area (Å²) in [5.74, 6) is 1.14. The fraction of sp³-hybridized carbons (Fsp3) is 0.476. The molecule has 28 heavy (non-hydrogen) atoms. The molecule has 0 aliphatic carbocycles. The summed E-state index contributed by atoms with van der Waals surface area (Å²) in [6.45, 7) is 7.86. The molecule has 0 saturated carbocycles. The van der Waals surface area contributed by atoms with Crippen LogP contribution in [0.1, 0.15) is 41.6 Å². The number of aromatic nitrogens is 1. The van der Waals surface area contributed by atoms with Crippen molar-refractivity contribution in [2.24, 2.45) is 4.99 Å². The van der Waals surface area contributed by atoms with Gasteiger partial charge in [0.2, 0.25) is 5.91 Å². The monoisotopic (exact) mass is 399 g/mol. The summed E-state index contributed by atoms with van der Waals surface area (Å²) in [7, 11) is 2.03. The first-order chi connectivity index (χ1) is 13.5. The maximum Gasteiger partial charge on any atom is 0.222 e. The minimum absolute atomic E-state index is 0.266. The van der Waals surface area contributed by atoms with Gasteiger partial charge in [-0.25, -0.2) is 9.98 Å². The predicted molar refractivity (Wildman–Crippen MR) is 114 cm³/mol. The van der Waals surface area contributed by atoms with Gasteiger partial charge in [0.1, 0.15) is 0 Å². The third-order valence-corrected chi connectivity index (χ3v) is 5.56. The fourth-order valence-electron chi connectivity index (χ4n) is 3.28. The van der Waals surface area contributed by atoms with Crippen molar-refractivity contribution in [3.05, 3.63) is 51.5 Å². The van der Waals surface area contributed by atoms with Crippen molar-refractivity contribution in [1.29, 1.82) is 0 Å². The summed E-state index contributed by atoms with van der Waals surface area (Å²) in [4.78, 5) is 25.1. The summed E-state index contributed by atoms with van der Waals surface area (Å²) in [6.07, 6.45) is 1.67. The molecule has 1 aliphatic rings. The fourth-order valence-corrected chi connectivity index (χ4v) is 3.88. The smallest absolute Gasteiger partial charge is 0.222 e. The van der Waals surface area contributed by atoms with Gasteiger partial charge in [0.15, 0.2) is 5.96 Å². The molecular formula is C21H29N5OS. The number of benzene rings is 1. The molecule has 1 amide bonds. The summed E-state index contributed by atoms with van der Waals surface area (Å²) in [6, 6.07) is 8.41. The maximum absolute atomic E-state index is 11.8. The number of likely N-dealkylation sites (tertiary alicyclic amines) is 1. The minimum Gasteiger partial charge on any atom is -0.357 e. The van der Waals surface area contributed by atoms with E-state index in [-0.39, 0.29) is 5.91 Å². The van der Waals surface area contributed by atoms with E-state index in [1.54, 1.807) is 11.3 Å². The first kappa shape index (κ1) is 20.3. The zero-order chi connectivity index (χ0) is 19.9. The van der Waals surface area contributed by atoms with Gasteiger partial charge in [-0.15, -0.1) is 11.3 Å². The second kappa shape index (κ2) is 9.68. The van der Waals surface area contributed by atoms with Crippen molar-refractivity contribution in [2.45, 2.75) is 46.3 Å². The molecular weight excluding hydrogens is 370 g/mol. The molecule has 1 fully saturated rings. The Morgan fingerprint density at radius 3 is 2.68 bits per heavy atom. The number of hydrogen-bond donors (Lipinski definition) is 1. The van der Waals surface area contributed by atoms with E-state index >= 15 is 0 Å². The van der Waals surface area contributed by atoms with Crippen molar-refractivity contribution >= 4 is 23.2 Å². The van der Waals surface area contributed by atoms with E-state index < -0.39 is 0 Å². The van der Waals surface area contributed by atoms with Crippen LogP contribution in [-0.4, -0.2) is 46.8 Å². The lowest BCUT2D eigenvalue weighted by Crippen LogP contribution is -2.38. The topological polar surface area (TPSA) is 60.8 Å². The molecule has 150 valence electrons. The van der Waals surface area contributed by atoms with Crippen LogP contribution in [-0.2, 0) is 24.4 Å². The Morgan fingerprint density at radius 2 is 2.07 bits per heavy atom. The van der Waals surface area contributed by atoms with Crippen LogP contribution in [0.3, 0.4) is 0 Å². The van der Waals surface area contributed by atoms with Crippen LogP contribution >= 0.6 is 11.3 Å². The molecule has 0 unspecified atom stereocenters. The van der Waals surface area contributed by atoms with E-state index in [9.17, 15) is 4.79 Å². The molecule has 2 aromatic rings. The lowest BCUT2D eigenvalue weighted by atomic mass is 10.1. The van der Waals surface area contributed by atoms with Crippen molar-refractivity contribution in [3.8, 4) is 0 Å². The highest BCUT2D eigenvalue weighted by molar-refractivity contribution is 7.09. The lowest BCUT2D eigenvalue weighted by molar-refractivity contribution is -0.128. The maximum atomic E-state index is 11.8. The molecule has 7 heteroatoms. The number of hydrogen-bond acceptors (Lipinski definition) is 4. The Labute approximate surface area is 171 Å². The number of carbonyl (C=O) groups excluding carboxylic acids is 1. The first-order valence-corrected chi connectivity index (χ1v) is 10.7. The highest BCUT2D eigenvalue weighted by Gasteiger charge is 2.19. The third-order valence-electron chi connectivity index (χ3n) is 4.74. The molecule has 1 aromatic heterocycles. The van der Waals surface area contributed by atoms with Crippen LogP contribution in [0.4, 0.5) is 0 Å². The van der Waals surface area contributed by atoms with E-state index in [2.05, 4.69) is 51.8 Å². The Hall–Kier alpha value is -2.41. The zero-order valence-electron chi connectivity index (χ0n) is 16.9. The number of aliphatic imine (C=N–C) groups is 1. The number of nitrogens with zero attached hydrogens (tertiary/aromatic N) is 4. The SMILES string of the molecule is CCNC(=NCc1ccc(CN2CCCC2=O)cc1)N(C)Cc1csc(C)n1. The summed E-state index contributed by atoms with van der Waals surface area (Å²) in [5.41, 5.74) is 3.40. The number of aryl methyl sites for hydroxylation is 1. The van der Waals surface area contributed by atoms with Crippen LogP contribution in [0.5, 0.6) is 0 Å². The summed E-state index contributed by atoms with van der Waals surface area (Å²) in [5, 5.41) is 6.53. The minimum atomic E-state index is 0.266. The van der Waals surface area contributed by atoms with Crippen LogP contribution in [0.2, 0.25) is 0 Å². The van der Waals surface area contributed by atoms with E-state index in [4.69, 9.17) is 4.99 Å². The second-order valence-electron chi connectivity index (χ2n) is 7.12. The average molecular weight is 400 g/mol. The van der Waals surface area contributed by atoms with Gasteiger partial charge >= 0.3 is 0 Å². The molecule has 0 radical (unpaired) electrons. The van der Waals surface area contributed by atoms with Gasteiger partial charge in [0, 0.05) is 38.5 Å². The summed E-state index contributed by atoms with van der Waals surface area (Å²) >= 11 is 1.67. The van der Waals surface area contributed by atoms with Crippen molar-refractivity contribution in [3.63, 3.8) is 0 Å². The predicted octanol–water partition coefficient (Wildman–Crippen LogP) is 3.17. The van der Waals surface area contributed by atoms with Crippen LogP contribution in [0.15, 0.2) is 34.6 Å². The molecule has 0 atom stereocenters. The van der Waals surface area contributed by atoms with E-state index in [1.165, 1.54) is 5.56 Å². The van der Waals surface area contributed by atoms with Gasteiger partial charge in [0.25, 0.3) is 0 Å². The number of rotatable bonds is 7. The number of carbonyl (C=O) groups is 1. The van der Waals surface area contributed by atoms with Gasteiger partial charge in [-0.1, -0.05) is 24.3 Å². The lowest BCUT2D eigenvalue weighted by Gasteiger charge is -2.21. The highest BCUT2D eigenvalue weighted by atomic mass is 32.1. The number of guanidine groups is 1. The van der Waals surface area contributed by atoms with Crippen molar-refractivity contribution < 1.29 is 4.79 Å². The quantitative estimate of drug-likeness (QED) is 0.574. The van der Waals surface area contributed by atoms with Gasteiger partial charge in [0.05, 0.1) is 23.8 Å². The Kier molecular flexibility index (Phi) is 7.03. The van der Waals surface area contributed by atoms with Gasteiger partial charge in [-0.3, -0.25) is 4.79 Å². The molecule has 0 bridgehead atoms. The van der Waals surface area contributed by atoms with E-state index in [0.29, 0.717) is 19.5 Å². The molecule has 1 aromatic carbocycles. The van der Waals surface area contributed by atoms with E-state index in [1.807, 2.05) is 18.9 Å². The number of thiazole rings is 1. The van der Waals surface area contributed by atoms with Crippen LogP contribution in [0, 0.1) is 6.92 Å². The Morgan fingerprint density at radius 1 is 1.32 bits per heavy atom. The highest BCUT2D eigenvalue weighted by Crippen LogP contribution is 2.15. The van der Waals surface area contributed by atoms with Gasteiger partial charge < -0.3 is 15.1 Å². The molecule has 0 spiro atoms. The average Bonchev–Trinajstić information content (AvgIpc) is 3.28. The zero-order valence-corrected chi connectivity index (χ0v) is 17.8. The normalized spacial score (nSPS) is 14.6. The molecule has 1 N–H and O–H groups in total. The van der Waals surface area contributed by atoms with Crippen molar-refractivity contribution in [2.75, 3.05) is 20.1 Å². The Balaban J connectivity index is 1.59. The largest absolute Gasteiger partial charge is 0.357 e.